The van der Waals surface area contributed by atoms with Crippen LogP contribution in [0.25, 0.3) is 10.8 Å². The maximum absolute atomic E-state index is 6.56. The number of halogens is 1. The largest absolute Gasteiger partial charge is 0.493 e. The number of hydrogen-bond donors (Lipinski definition) is 1. The zero-order chi connectivity index (χ0) is 20.9. The minimum atomic E-state index is 0.441. The number of ether oxygens (including phenoxy) is 2. The molecule has 0 atom stereocenters. The van der Waals surface area contributed by atoms with Crippen molar-refractivity contribution in [3.8, 4) is 11.5 Å². The molecule has 0 saturated heterocycles. The molecule has 0 bridgehead atoms. The highest BCUT2D eigenvalue weighted by Crippen LogP contribution is 2.37. The number of methoxy groups -OCH3 is 1. The third-order valence-electron chi connectivity index (χ3n) is 5.20. The fourth-order valence-electron chi connectivity index (χ4n) is 3.51. The predicted molar refractivity (Wildman–Crippen MR) is 125 cm³/mol. The van der Waals surface area contributed by atoms with Crippen molar-refractivity contribution in [2.45, 2.75) is 20.1 Å². The van der Waals surface area contributed by atoms with Gasteiger partial charge in [-0.25, -0.2) is 0 Å². The van der Waals surface area contributed by atoms with Crippen LogP contribution >= 0.6 is 11.6 Å². The summed E-state index contributed by atoms with van der Waals surface area (Å²) in [6.07, 6.45) is 0. The normalized spacial score (nSPS) is 10.8. The lowest BCUT2D eigenvalue weighted by Gasteiger charge is -2.16. The first kappa shape index (κ1) is 20.1. The van der Waals surface area contributed by atoms with Crippen LogP contribution in [0.2, 0.25) is 5.02 Å². The number of fused-ring (bicyclic) bond motifs is 1. The van der Waals surface area contributed by atoms with Crippen LogP contribution in [-0.2, 0) is 13.2 Å². The molecular formula is C26H24ClNO2. The Labute approximate surface area is 182 Å². The summed E-state index contributed by atoms with van der Waals surface area (Å²) in [5.41, 5.74) is 4.41. The van der Waals surface area contributed by atoms with Gasteiger partial charge in [-0.1, -0.05) is 72.3 Å². The van der Waals surface area contributed by atoms with Crippen molar-refractivity contribution < 1.29 is 9.47 Å². The van der Waals surface area contributed by atoms with Gasteiger partial charge in [0.2, 0.25) is 0 Å². The summed E-state index contributed by atoms with van der Waals surface area (Å²) in [6, 6.07) is 26.6. The second-order valence-electron chi connectivity index (χ2n) is 7.20. The van der Waals surface area contributed by atoms with Crippen LogP contribution in [-0.4, -0.2) is 7.11 Å². The summed E-state index contributed by atoms with van der Waals surface area (Å²) in [4.78, 5) is 0. The van der Waals surface area contributed by atoms with E-state index < -0.39 is 0 Å². The minimum Gasteiger partial charge on any atom is -0.493 e. The lowest BCUT2D eigenvalue weighted by Crippen LogP contribution is -2.03. The Morgan fingerprint density at radius 3 is 2.50 bits per heavy atom. The SMILES string of the molecule is COc1cc(CNc2cccc3ccccc23)cc(Cl)c1OCc1ccccc1C. The Morgan fingerprint density at radius 2 is 1.67 bits per heavy atom. The molecule has 0 aromatic heterocycles. The van der Waals surface area contributed by atoms with Crippen LogP contribution in [0.3, 0.4) is 0 Å². The smallest absolute Gasteiger partial charge is 0.180 e. The highest BCUT2D eigenvalue weighted by atomic mass is 35.5. The van der Waals surface area contributed by atoms with Gasteiger partial charge in [0, 0.05) is 17.6 Å². The zero-order valence-electron chi connectivity index (χ0n) is 17.1. The molecule has 1 N–H and O–H groups in total. The Morgan fingerprint density at radius 1 is 0.900 bits per heavy atom. The molecule has 4 aromatic carbocycles. The number of nitrogens with one attached hydrogen (secondary N) is 1. The third-order valence-corrected chi connectivity index (χ3v) is 5.48. The molecular weight excluding hydrogens is 394 g/mol. The molecule has 0 saturated carbocycles. The van der Waals surface area contributed by atoms with E-state index >= 15 is 0 Å². The van der Waals surface area contributed by atoms with E-state index in [0.717, 1.165) is 16.8 Å². The summed E-state index contributed by atoms with van der Waals surface area (Å²) < 4.78 is 11.6. The number of rotatable bonds is 7. The fraction of sp³-hybridized carbons (Fsp3) is 0.154. The van der Waals surface area contributed by atoms with Crippen molar-refractivity contribution in [2.75, 3.05) is 12.4 Å². The molecule has 0 spiro atoms. The summed E-state index contributed by atoms with van der Waals surface area (Å²) in [6.45, 7) is 3.14. The average Bonchev–Trinajstić information content (AvgIpc) is 2.77. The summed E-state index contributed by atoms with van der Waals surface area (Å²) in [7, 11) is 1.63. The molecule has 4 aromatic rings. The quantitative estimate of drug-likeness (QED) is 0.351. The van der Waals surface area contributed by atoms with E-state index in [-0.39, 0.29) is 0 Å². The Hall–Kier alpha value is -3.17. The monoisotopic (exact) mass is 417 g/mol. The zero-order valence-corrected chi connectivity index (χ0v) is 17.9. The van der Waals surface area contributed by atoms with Crippen molar-refractivity contribution in [3.63, 3.8) is 0 Å². The van der Waals surface area contributed by atoms with Gasteiger partial charge in [-0.2, -0.15) is 0 Å². The Bertz CT molecular complexity index is 1170. The second-order valence-corrected chi connectivity index (χ2v) is 7.61. The minimum absolute atomic E-state index is 0.441. The maximum atomic E-state index is 6.56. The van der Waals surface area contributed by atoms with Gasteiger partial charge >= 0.3 is 0 Å². The second kappa shape index (κ2) is 9.10. The molecule has 4 rings (SSSR count). The molecule has 0 radical (unpaired) electrons. The highest BCUT2D eigenvalue weighted by Gasteiger charge is 2.13. The van der Waals surface area contributed by atoms with Crippen LogP contribution in [0.15, 0.2) is 78.9 Å². The van der Waals surface area contributed by atoms with Gasteiger partial charge in [0.25, 0.3) is 0 Å². The molecule has 0 fully saturated rings. The lowest BCUT2D eigenvalue weighted by molar-refractivity contribution is 0.284. The Kier molecular flexibility index (Phi) is 6.10. The van der Waals surface area contributed by atoms with Gasteiger partial charge in [-0.05, 0) is 47.2 Å². The molecule has 3 nitrogen and oxygen atoms in total. The van der Waals surface area contributed by atoms with E-state index in [1.165, 1.54) is 16.3 Å². The van der Waals surface area contributed by atoms with E-state index in [2.05, 4.69) is 54.7 Å². The van der Waals surface area contributed by atoms with E-state index in [0.29, 0.717) is 29.7 Å². The molecule has 0 aliphatic carbocycles. The first-order valence-corrected chi connectivity index (χ1v) is 10.3. The molecule has 30 heavy (non-hydrogen) atoms. The molecule has 152 valence electrons. The first-order chi connectivity index (χ1) is 14.7. The van der Waals surface area contributed by atoms with Crippen LogP contribution in [0, 0.1) is 6.92 Å². The van der Waals surface area contributed by atoms with E-state index in [4.69, 9.17) is 21.1 Å². The molecule has 0 amide bonds. The number of aryl methyl sites for hydroxylation is 1. The third kappa shape index (κ3) is 4.37. The van der Waals surface area contributed by atoms with Crippen LogP contribution in [0.5, 0.6) is 11.5 Å². The fourth-order valence-corrected chi connectivity index (χ4v) is 3.80. The van der Waals surface area contributed by atoms with Gasteiger partial charge in [0.05, 0.1) is 12.1 Å². The van der Waals surface area contributed by atoms with E-state index in [9.17, 15) is 0 Å². The lowest BCUT2D eigenvalue weighted by atomic mass is 10.1. The molecule has 0 aliphatic rings. The molecule has 0 aliphatic heterocycles. The molecule has 0 heterocycles. The van der Waals surface area contributed by atoms with Gasteiger partial charge in [0.15, 0.2) is 11.5 Å². The summed E-state index contributed by atoms with van der Waals surface area (Å²) in [5, 5.41) is 6.45. The number of hydrogen-bond acceptors (Lipinski definition) is 3. The maximum Gasteiger partial charge on any atom is 0.180 e. The van der Waals surface area contributed by atoms with E-state index in [1.807, 2.05) is 36.4 Å². The standard InChI is InChI=1S/C26H24ClNO2/c1-18-8-3-4-10-21(18)17-30-26-23(27)14-19(15-25(26)29-2)16-28-24-13-7-11-20-9-5-6-12-22(20)24/h3-15,28H,16-17H2,1-2H3. The van der Waals surface area contributed by atoms with Gasteiger partial charge in [-0.3, -0.25) is 0 Å². The topological polar surface area (TPSA) is 30.5 Å². The average molecular weight is 418 g/mol. The van der Waals surface area contributed by atoms with Crippen LogP contribution in [0.1, 0.15) is 16.7 Å². The number of anilines is 1. The Balaban J connectivity index is 1.52. The van der Waals surface area contributed by atoms with Crippen LogP contribution < -0.4 is 14.8 Å². The molecule has 0 unspecified atom stereocenters. The van der Waals surface area contributed by atoms with Gasteiger partial charge < -0.3 is 14.8 Å². The van der Waals surface area contributed by atoms with Crippen molar-refractivity contribution >= 4 is 28.1 Å². The van der Waals surface area contributed by atoms with Gasteiger partial charge in [0.1, 0.15) is 6.61 Å². The first-order valence-electron chi connectivity index (χ1n) is 9.91. The number of benzene rings is 4. The van der Waals surface area contributed by atoms with E-state index in [1.54, 1.807) is 7.11 Å². The van der Waals surface area contributed by atoms with Crippen LogP contribution in [0.4, 0.5) is 5.69 Å². The summed E-state index contributed by atoms with van der Waals surface area (Å²) in [5.74, 6) is 1.20. The van der Waals surface area contributed by atoms with Crippen molar-refractivity contribution in [3.05, 3.63) is 101 Å². The van der Waals surface area contributed by atoms with Crippen molar-refractivity contribution in [2.24, 2.45) is 0 Å². The van der Waals surface area contributed by atoms with Crippen molar-refractivity contribution in [1.82, 2.24) is 0 Å². The summed E-state index contributed by atoms with van der Waals surface area (Å²) >= 11 is 6.56. The molecule has 4 heteroatoms. The predicted octanol–water partition coefficient (Wildman–Crippen LogP) is 7.00. The van der Waals surface area contributed by atoms with Gasteiger partial charge in [-0.15, -0.1) is 0 Å². The highest BCUT2D eigenvalue weighted by molar-refractivity contribution is 6.32. The van der Waals surface area contributed by atoms with Crippen molar-refractivity contribution in [1.29, 1.82) is 0 Å².